The minimum Gasteiger partial charge on any atom is -0.496 e. The fourth-order valence-electron chi connectivity index (χ4n) is 3.70. The molecule has 2 heterocycles. The molecule has 26 heavy (non-hydrogen) atoms. The molecule has 1 aliphatic heterocycles. The first kappa shape index (κ1) is 18.7. The second-order valence-corrected chi connectivity index (χ2v) is 6.51. The first-order chi connectivity index (χ1) is 12.3. The first-order valence-electron chi connectivity index (χ1n) is 8.76. The van der Waals surface area contributed by atoms with Crippen molar-refractivity contribution in [2.75, 3.05) is 26.7 Å². The lowest BCUT2D eigenvalue weighted by atomic mass is 10.0. The summed E-state index contributed by atoms with van der Waals surface area (Å²) in [6.45, 7) is 3.74. The fraction of sp³-hybridized carbons (Fsp3) is 0.350. The average molecular weight is 373 g/mol. The number of rotatable bonds is 4. The van der Waals surface area contributed by atoms with E-state index in [-0.39, 0.29) is 18.4 Å². The summed E-state index contributed by atoms with van der Waals surface area (Å²) in [5, 5.41) is 3.52. The Kier molecular flexibility index (Phi) is 5.81. The van der Waals surface area contributed by atoms with Gasteiger partial charge < -0.3 is 14.6 Å². The molecule has 1 fully saturated rings. The molecule has 1 N–H and O–H groups in total. The lowest BCUT2D eigenvalue weighted by Crippen LogP contribution is -2.45. The number of benzene rings is 2. The Morgan fingerprint density at radius 3 is 2.73 bits per heavy atom. The third-order valence-corrected chi connectivity index (χ3v) is 5.08. The average Bonchev–Trinajstić information content (AvgIpc) is 2.98. The van der Waals surface area contributed by atoms with Gasteiger partial charge in [0, 0.05) is 32.2 Å². The number of fused-ring (bicyclic) bond motifs is 1. The second-order valence-electron chi connectivity index (χ2n) is 6.51. The maximum absolute atomic E-state index is 5.59. The van der Waals surface area contributed by atoms with Crippen LogP contribution in [-0.4, -0.2) is 41.2 Å². The lowest BCUT2D eigenvalue weighted by Gasteiger charge is -2.36. The van der Waals surface area contributed by atoms with Crippen LogP contribution < -0.4 is 10.1 Å². The van der Waals surface area contributed by atoms with E-state index in [1.54, 1.807) is 7.11 Å². The van der Waals surface area contributed by atoms with Crippen molar-refractivity contribution in [3.8, 4) is 5.75 Å². The van der Waals surface area contributed by atoms with Gasteiger partial charge in [0.2, 0.25) is 0 Å². The summed E-state index contributed by atoms with van der Waals surface area (Å²) in [5.74, 6) is 2.05. The van der Waals surface area contributed by atoms with E-state index in [0.717, 1.165) is 43.3 Å². The highest BCUT2D eigenvalue weighted by molar-refractivity contribution is 5.85. The standard InChI is InChI=1S/C20H24N4O.ClH/c1-23-17-9-5-4-8-16(17)22-20(23)14-24-12-11-21-13-18(24)15-7-3-6-10-19(15)25-2;/h3-10,18,21H,11-14H2,1-2H3;1H. The largest absolute Gasteiger partial charge is 0.496 e. The number of halogens is 1. The van der Waals surface area contributed by atoms with E-state index >= 15 is 0 Å². The van der Waals surface area contributed by atoms with E-state index in [1.807, 2.05) is 18.2 Å². The molecule has 5 nitrogen and oxygen atoms in total. The van der Waals surface area contributed by atoms with Crippen LogP contribution in [0, 0.1) is 0 Å². The molecule has 1 saturated heterocycles. The van der Waals surface area contributed by atoms with E-state index in [2.05, 4.69) is 52.2 Å². The molecule has 1 aliphatic rings. The molecule has 1 aromatic heterocycles. The molecular weight excluding hydrogens is 348 g/mol. The van der Waals surface area contributed by atoms with Gasteiger partial charge >= 0.3 is 0 Å². The van der Waals surface area contributed by atoms with Crippen LogP contribution in [0.5, 0.6) is 5.75 Å². The third-order valence-electron chi connectivity index (χ3n) is 5.08. The van der Waals surface area contributed by atoms with Gasteiger partial charge in [-0.3, -0.25) is 4.90 Å². The summed E-state index contributed by atoms with van der Waals surface area (Å²) >= 11 is 0. The van der Waals surface area contributed by atoms with Crippen LogP contribution in [0.1, 0.15) is 17.4 Å². The van der Waals surface area contributed by atoms with Crippen molar-refractivity contribution in [2.45, 2.75) is 12.6 Å². The molecule has 0 bridgehead atoms. The third kappa shape index (κ3) is 3.43. The Bertz CT molecular complexity index is 879. The van der Waals surface area contributed by atoms with Gasteiger partial charge in [0.05, 0.1) is 30.7 Å². The summed E-state index contributed by atoms with van der Waals surface area (Å²) in [5.41, 5.74) is 3.47. The van der Waals surface area contributed by atoms with Gasteiger partial charge in [0.25, 0.3) is 0 Å². The van der Waals surface area contributed by atoms with E-state index in [4.69, 9.17) is 9.72 Å². The summed E-state index contributed by atoms with van der Waals surface area (Å²) in [6.07, 6.45) is 0. The predicted molar refractivity (Wildman–Crippen MR) is 107 cm³/mol. The molecule has 4 rings (SSSR count). The van der Waals surface area contributed by atoms with Crippen molar-refractivity contribution in [3.05, 3.63) is 59.9 Å². The molecule has 6 heteroatoms. The quantitative estimate of drug-likeness (QED) is 0.764. The first-order valence-corrected chi connectivity index (χ1v) is 8.76. The smallest absolute Gasteiger partial charge is 0.123 e. The van der Waals surface area contributed by atoms with Crippen molar-refractivity contribution < 1.29 is 4.74 Å². The molecule has 0 radical (unpaired) electrons. The number of ether oxygens (including phenoxy) is 1. The number of aryl methyl sites for hydroxylation is 1. The fourth-order valence-corrected chi connectivity index (χ4v) is 3.70. The van der Waals surface area contributed by atoms with Gasteiger partial charge in [-0.2, -0.15) is 0 Å². The number of hydrogen-bond acceptors (Lipinski definition) is 4. The number of methoxy groups -OCH3 is 1. The summed E-state index contributed by atoms with van der Waals surface area (Å²) < 4.78 is 7.80. The van der Waals surface area contributed by atoms with E-state index in [0.29, 0.717) is 0 Å². The Hall–Kier alpha value is -2.08. The topological polar surface area (TPSA) is 42.3 Å². The molecule has 0 spiro atoms. The highest BCUT2D eigenvalue weighted by Crippen LogP contribution is 2.31. The Balaban J connectivity index is 0.00000196. The molecule has 1 unspecified atom stereocenters. The molecule has 0 saturated carbocycles. The van der Waals surface area contributed by atoms with Gasteiger partial charge in [-0.25, -0.2) is 4.98 Å². The number of hydrogen-bond donors (Lipinski definition) is 1. The SMILES string of the molecule is COc1ccccc1C1CNCCN1Cc1nc2ccccc2n1C.Cl. The minimum atomic E-state index is 0. The number of nitrogens with zero attached hydrogens (tertiary/aromatic N) is 3. The summed E-state index contributed by atoms with van der Waals surface area (Å²) in [4.78, 5) is 7.34. The number of nitrogens with one attached hydrogen (secondary N) is 1. The molecule has 1 atom stereocenters. The summed E-state index contributed by atoms with van der Waals surface area (Å²) in [7, 11) is 3.84. The minimum absolute atomic E-state index is 0. The second kappa shape index (κ2) is 8.08. The number of aromatic nitrogens is 2. The van der Waals surface area contributed by atoms with Gasteiger partial charge in [-0.1, -0.05) is 30.3 Å². The van der Waals surface area contributed by atoms with Crippen LogP contribution in [0.25, 0.3) is 11.0 Å². The molecule has 2 aromatic carbocycles. The zero-order valence-corrected chi connectivity index (χ0v) is 16.0. The van der Waals surface area contributed by atoms with Crippen molar-refractivity contribution in [1.29, 1.82) is 0 Å². The van der Waals surface area contributed by atoms with E-state index in [9.17, 15) is 0 Å². The van der Waals surface area contributed by atoms with Crippen LogP contribution in [0.2, 0.25) is 0 Å². The molecule has 3 aromatic rings. The number of imidazole rings is 1. The van der Waals surface area contributed by atoms with E-state index in [1.165, 1.54) is 11.1 Å². The van der Waals surface area contributed by atoms with Crippen molar-refractivity contribution in [3.63, 3.8) is 0 Å². The number of para-hydroxylation sites is 3. The Morgan fingerprint density at radius 1 is 1.15 bits per heavy atom. The molecular formula is C20H25ClN4O. The lowest BCUT2D eigenvalue weighted by molar-refractivity contribution is 0.146. The van der Waals surface area contributed by atoms with Crippen LogP contribution in [0.15, 0.2) is 48.5 Å². The maximum Gasteiger partial charge on any atom is 0.123 e. The highest BCUT2D eigenvalue weighted by Gasteiger charge is 2.27. The van der Waals surface area contributed by atoms with Crippen molar-refractivity contribution >= 4 is 23.4 Å². The van der Waals surface area contributed by atoms with Crippen LogP contribution in [0.4, 0.5) is 0 Å². The van der Waals surface area contributed by atoms with Crippen LogP contribution in [-0.2, 0) is 13.6 Å². The normalized spacial score (nSPS) is 17.8. The van der Waals surface area contributed by atoms with Gasteiger partial charge in [-0.05, 0) is 18.2 Å². The summed E-state index contributed by atoms with van der Waals surface area (Å²) in [6, 6.07) is 16.9. The van der Waals surface area contributed by atoms with Crippen molar-refractivity contribution in [2.24, 2.45) is 7.05 Å². The van der Waals surface area contributed by atoms with Gasteiger partial charge in [0.15, 0.2) is 0 Å². The Labute approximate surface area is 160 Å². The molecule has 0 amide bonds. The highest BCUT2D eigenvalue weighted by atomic mass is 35.5. The van der Waals surface area contributed by atoms with Crippen molar-refractivity contribution in [1.82, 2.24) is 19.8 Å². The van der Waals surface area contributed by atoms with Crippen LogP contribution >= 0.6 is 12.4 Å². The number of piperazine rings is 1. The van der Waals surface area contributed by atoms with Gasteiger partial charge in [-0.15, -0.1) is 12.4 Å². The van der Waals surface area contributed by atoms with Crippen LogP contribution in [0.3, 0.4) is 0 Å². The molecule has 138 valence electrons. The molecule has 0 aliphatic carbocycles. The predicted octanol–water partition coefficient (Wildman–Crippen LogP) is 3.15. The Morgan fingerprint density at radius 2 is 1.92 bits per heavy atom. The zero-order valence-electron chi connectivity index (χ0n) is 15.2. The maximum atomic E-state index is 5.59. The monoisotopic (exact) mass is 372 g/mol. The zero-order chi connectivity index (χ0) is 17.2. The van der Waals surface area contributed by atoms with Gasteiger partial charge in [0.1, 0.15) is 11.6 Å². The van der Waals surface area contributed by atoms with E-state index < -0.39 is 0 Å².